The molecule has 0 saturated carbocycles. The quantitative estimate of drug-likeness (QED) is 0.538. The van der Waals surface area contributed by atoms with Gasteiger partial charge in [-0.3, -0.25) is 9.69 Å². The molecule has 2 aromatic rings. The Morgan fingerprint density at radius 1 is 0.903 bits per heavy atom. The number of ketones is 1. The normalized spacial score (nSPS) is 18.5. The van der Waals surface area contributed by atoms with E-state index in [-0.39, 0.29) is 0 Å². The fraction of sp³-hybridized carbons (Fsp3) is 0.536. The third-order valence-corrected chi connectivity index (χ3v) is 7.20. The maximum atomic E-state index is 12.9. The SMILES string of the molecule is CCCN1CCC(CCC(=O)c2ccc3c(c2)CCN(Cc2ccccc2)CC3)CC1. The van der Waals surface area contributed by atoms with Crippen LogP contribution in [0.25, 0.3) is 0 Å². The number of carbonyl (C=O) groups is 1. The molecule has 31 heavy (non-hydrogen) atoms. The monoisotopic (exact) mass is 418 g/mol. The molecular formula is C28H38N2O. The standard InChI is InChI=1S/C28H38N2O/c1-2-16-29-17-12-23(13-18-29)8-11-28(31)27-10-9-25-14-19-30(20-15-26(25)21-27)22-24-6-4-3-5-7-24/h3-7,9-10,21,23H,2,8,11-20,22H2,1H3. The van der Waals surface area contributed by atoms with Crippen LogP contribution in [0.3, 0.4) is 0 Å². The number of likely N-dealkylation sites (tertiary alicyclic amines) is 1. The van der Waals surface area contributed by atoms with Gasteiger partial charge in [-0.25, -0.2) is 0 Å². The molecular weight excluding hydrogens is 380 g/mol. The second kappa shape index (κ2) is 11.1. The van der Waals surface area contributed by atoms with Crippen LogP contribution in [-0.4, -0.2) is 48.3 Å². The van der Waals surface area contributed by atoms with Gasteiger partial charge in [0.15, 0.2) is 5.78 Å². The van der Waals surface area contributed by atoms with Gasteiger partial charge in [-0.2, -0.15) is 0 Å². The first-order valence-corrected chi connectivity index (χ1v) is 12.3. The number of benzene rings is 2. The van der Waals surface area contributed by atoms with E-state index in [1.807, 2.05) is 0 Å². The van der Waals surface area contributed by atoms with Gasteiger partial charge >= 0.3 is 0 Å². The van der Waals surface area contributed by atoms with Crippen molar-refractivity contribution in [2.45, 2.75) is 58.4 Å². The maximum absolute atomic E-state index is 12.9. The Kier molecular flexibility index (Phi) is 7.93. The predicted octanol–water partition coefficient (Wildman–Crippen LogP) is 5.37. The molecule has 0 bridgehead atoms. The molecule has 0 amide bonds. The molecule has 0 aromatic heterocycles. The summed E-state index contributed by atoms with van der Waals surface area (Å²) in [4.78, 5) is 18.0. The molecule has 3 nitrogen and oxygen atoms in total. The van der Waals surface area contributed by atoms with Gasteiger partial charge in [-0.05, 0) is 86.8 Å². The van der Waals surface area contributed by atoms with Crippen LogP contribution in [0.1, 0.15) is 66.1 Å². The highest BCUT2D eigenvalue weighted by Gasteiger charge is 2.20. The van der Waals surface area contributed by atoms with Crippen LogP contribution in [0.15, 0.2) is 48.5 Å². The van der Waals surface area contributed by atoms with Crippen molar-refractivity contribution in [2.75, 3.05) is 32.7 Å². The number of hydrogen-bond acceptors (Lipinski definition) is 3. The highest BCUT2D eigenvalue weighted by molar-refractivity contribution is 5.96. The van der Waals surface area contributed by atoms with Crippen LogP contribution in [-0.2, 0) is 19.4 Å². The van der Waals surface area contributed by atoms with Gasteiger partial charge in [0.25, 0.3) is 0 Å². The zero-order valence-corrected chi connectivity index (χ0v) is 19.2. The van der Waals surface area contributed by atoms with Crippen LogP contribution in [0.5, 0.6) is 0 Å². The van der Waals surface area contributed by atoms with Gasteiger partial charge in [-0.1, -0.05) is 49.4 Å². The van der Waals surface area contributed by atoms with E-state index in [1.54, 1.807) is 0 Å². The summed E-state index contributed by atoms with van der Waals surface area (Å²) in [6, 6.07) is 17.2. The van der Waals surface area contributed by atoms with Gasteiger partial charge in [0.1, 0.15) is 0 Å². The van der Waals surface area contributed by atoms with Crippen LogP contribution < -0.4 is 0 Å². The lowest BCUT2D eigenvalue weighted by Gasteiger charge is -2.31. The fourth-order valence-corrected chi connectivity index (χ4v) is 5.24. The summed E-state index contributed by atoms with van der Waals surface area (Å²) in [7, 11) is 0. The number of piperidine rings is 1. The highest BCUT2D eigenvalue weighted by Crippen LogP contribution is 2.24. The minimum Gasteiger partial charge on any atom is -0.303 e. The lowest BCUT2D eigenvalue weighted by atomic mass is 9.89. The van der Waals surface area contributed by atoms with Crippen molar-refractivity contribution in [1.82, 2.24) is 9.80 Å². The summed E-state index contributed by atoms with van der Waals surface area (Å²) in [5.41, 5.74) is 5.12. The topological polar surface area (TPSA) is 23.6 Å². The Bertz CT molecular complexity index is 839. The van der Waals surface area contributed by atoms with Crippen molar-refractivity contribution in [3.63, 3.8) is 0 Å². The summed E-state index contributed by atoms with van der Waals surface area (Å²) in [5, 5.41) is 0. The summed E-state index contributed by atoms with van der Waals surface area (Å²) in [6.07, 6.45) is 7.64. The van der Waals surface area contributed by atoms with Crippen LogP contribution in [0.2, 0.25) is 0 Å². The first kappa shape index (κ1) is 22.2. The molecule has 0 atom stereocenters. The largest absolute Gasteiger partial charge is 0.303 e. The van der Waals surface area contributed by atoms with Crippen LogP contribution >= 0.6 is 0 Å². The van der Waals surface area contributed by atoms with Gasteiger partial charge in [0, 0.05) is 31.6 Å². The van der Waals surface area contributed by atoms with Gasteiger partial charge in [-0.15, -0.1) is 0 Å². The second-order valence-corrected chi connectivity index (χ2v) is 9.49. The Hall–Kier alpha value is -1.97. The highest BCUT2D eigenvalue weighted by atomic mass is 16.1. The molecule has 4 rings (SSSR count). The van der Waals surface area contributed by atoms with Crippen molar-refractivity contribution in [1.29, 1.82) is 0 Å². The molecule has 1 fully saturated rings. The third-order valence-electron chi connectivity index (χ3n) is 7.20. The molecule has 3 heteroatoms. The Balaban J connectivity index is 1.28. The molecule has 0 unspecified atom stereocenters. The van der Waals surface area contributed by atoms with E-state index in [0.717, 1.165) is 50.4 Å². The van der Waals surface area contributed by atoms with Crippen molar-refractivity contribution in [3.05, 3.63) is 70.8 Å². The van der Waals surface area contributed by atoms with E-state index in [0.29, 0.717) is 12.2 Å². The van der Waals surface area contributed by atoms with Crippen molar-refractivity contribution in [3.8, 4) is 0 Å². The maximum Gasteiger partial charge on any atom is 0.162 e. The predicted molar refractivity (Wildman–Crippen MR) is 129 cm³/mol. The van der Waals surface area contributed by atoms with E-state index >= 15 is 0 Å². The fourth-order valence-electron chi connectivity index (χ4n) is 5.24. The lowest BCUT2D eigenvalue weighted by Crippen LogP contribution is -2.34. The smallest absolute Gasteiger partial charge is 0.162 e. The molecule has 1 saturated heterocycles. The third kappa shape index (κ3) is 6.27. The molecule has 0 aliphatic carbocycles. The molecule has 0 spiro atoms. The second-order valence-electron chi connectivity index (χ2n) is 9.49. The average Bonchev–Trinajstić information content (AvgIpc) is 3.01. The Morgan fingerprint density at radius 3 is 2.39 bits per heavy atom. The molecule has 166 valence electrons. The van der Waals surface area contributed by atoms with Gasteiger partial charge in [0.05, 0.1) is 0 Å². The Labute approximate surface area is 188 Å². The summed E-state index contributed by atoms with van der Waals surface area (Å²) in [5.74, 6) is 1.06. The number of fused-ring (bicyclic) bond motifs is 1. The molecule has 2 aliphatic rings. The first-order valence-electron chi connectivity index (χ1n) is 12.3. The van der Waals surface area contributed by atoms with Crippen LogP contribution in [0.4, 0.5) is 0 Å². The van der Waals surface area contributed by atoms with Crippen molar-refractivity contribution in [2.24, 2.45) is 5.92 Å². The van der Waals surface area contributed by atoms with E-state index in [2.05, 4.69) is 65.3 Å². The first-order chi connectivity index (χ1) is 15.2. The number of carbonyl (C=O) groups excluding carboxylic acids is 1. The van der Waals surface area contributed by atoms with Crippen LogP contribution in [0, 0.1) is 5.92 Å². The van der Waals surface area contributed by atoms with E-state index in [4.69, 9.17) is 0 Å². The molecule has 0 radical (unpaired) electrons. The molecule has 2 aromatic carbocycles. The van der Waals surface area contributed by atoms with Crippen molar-refractivity contribution >= 4 is 5.78 Å². The number of Topliss-reactive ketones (excluding diaryl/α,β-unsaturated/α-hetero) is 1. The number of hydrogen-bond donors (Lipinski definition) is 0. The molecule has 2 heterocycles. The molecule has 0 N–H and O–H groups in total. The lowest BCUT2D eigenvalue weighted by molar-refractivity contribution is 0.0962. The summed E-state index contributed by atoms with van der Waals surface area (Å²) >= 11 is 0. The molecule has 2 aliphatic heterocycles. The Morgan fingerprint density at radius 2 is 1.65 bits per heavy atom. The summed E-state index contributed by atoms with van der Waals surface area (Å²) in [6.45, 7) is 9.07. The van der Waals surface area contributed by atoms with E-state index < -0.39 is 0 Å². The minimum atomic E-state index is 0.337. The number of nitrogens with zero attached hydrogens (tertiary/aromatic N) is 2. The van der Waals surface area contributed by atoms with E-state index in [9.17, 15) is 4.79 Å². The zero-order valence-electron chi connectivity index (χ0n) is 19.2. The summed E-state index contributed by atoms with van der Waals surface area (Å²) < 4.78 is 0. The van der Waals surface area contributed by atoms with E-state index in [1.165, 1.54) is 55.6 Å². The zero-order chi connectivity index (χ0) is 21.5. The van der Waals surface area contributed by atoms with Gasteiger partial charge in [0.2, 0.25) is 0 Å². The average molecular weight is 419 g/mol. The minimum absolute atomic E-state index is 0.337. The van der Waals surface area contributed by atoms with Gasteiger partial charge < -0.3 is 4.90 Å². The number of rotatable bonds is 8. The van der Waals surface area contributed by atoms with Crippen molar-refractivity contribution < 1.29 is 4.79 Å².